The van der Waals surface area contributed by atoms with E-state index in [2.05, 4.69) is 21.5 Å². The number of morpholine rings is 1. The zero-order valence-electron chi connectivity index (χ0n) is 23.0. The number of fused-ring (bicyclic) bond motifs is 1. The second kappa shape index (κ2) is 13.9. The number of nitrogen functional groups attached to an aromatic ring is 1. The smallest absolute Gasteiger partial charge is 0.306 e. The Labute approximate surface area is 229 Å². The minimum Gasteiger partial charge on any atom is -0.496 e. The Balaban J connectivity index is 1.37. The summed E-state index contributed by atoms with van der Waals surface area (Å²) < 4.78 is 18.3. The lowest BCUT2D eigenvalue weighted by Gasteiger charge is -2.26. The molecule has 10 heteroatoms. The molecule has 1 aliphatic rings. The summed E-state index contributed by atoms with van der Waals surface area (Å²) >= 11 is 0. The Hall–Kier alpha value is -3.66. The van der Waals surface area contributed by atoms with Gasteiger partial charge in [0, 0.05) is 31.3 Å². The summed E-state index contributed by atoms with van der Waals surface area (Å²) in [7, 11) is 1.64. The van der Waals surface area contributed by atoms with Crippen LogP contribution in [0.5, 0.6) is 5.75 Å². The maximum absolute atomic E-state index is 12.3. The third kappa shape index (κ3) is 7.69. The topological polar surface area (TPSA) is 122 Å². The molecule has 3 heterocycles. The SMILES string of the molecule is CCCCCCc1nc(N)nc2ccn(Cc3ccc(CCC(=O)OCC(=O)N4CCOCC4)cc3OC)c12. The number of benzene rings is 1. The first-order valence-electron chi connectivity index (χ1n) is 13.8. The van der Waals surface area contributed by atoms with Crippen molar-refractivity contribution in [1.82, 2.24) is 19.4 Å². The molecule has 0 atom stereocenters. The average Bonchev–Trinajstić information content (AvgIpc) is 3.36. The Morgan fingerprint density at radius 1 is 1.08 bits per heavy atom. The van der Waals surface area contributed by atoms with E-state index in [1.54, 1.807) is 12.0 Å². The zero-order valence-corrected chi connectivity index (χ0v) is 23.0. The maximum atomic E-state index is 12.3. The summed E-state index contributed by atoms with van der Waals surface area (Å²) in [4.78, 5) is 35.1. The normalized spacial score (nSPS) is 13.5. The summed E-state index contributed by atoms with van der Waals surface area (Å²) in [6.45, 7) is 4.65. The third-order valence-corrected chi connectivity index (χ3v) is 7.00. The van der Waals surface area contributed by atoms with Crippen molar-refractivity contribution in [2.45, 2.75) is 58.4 Å². The van der Waals surface area contributed by atoms with Gasteiger partial charge in [-0.1, -0.05) is 38.3 Å². The van der Waals surface area contributed by atoms with E-state index in [1.165, 1.54) is 12.8 Å². The fourth-order valence-electron chi connectivity index (χ4n) is 4.85. The Kier molecular flexibility index (Phi) is 10.1. The molecule has 2 N–H and O–H groups in total. The van der Waals surface area contributed by atoms with Crippen molar-refractivity contribution < 1.29 is 23.8 Å². The number of amides is 1. The van der Waals surface area contributed by atoms with Gasteiger partial charge in [0.15, 0.2) is 6.61 Å². The van der Waals surface area contributed by atoms with Gasteiger partial charge >= 0.3 is 5.97 Å². The van der Waals surface area contributed by atoms with Gasteiger partial charge in [-0.05, 0) is 37.0 Å². The van der Waals surface area contributed by atoms with Crippen molar-refractivity contribution >= 4 is 28.9 Å². The predicted molar refractivity (Wildman–Crippen MR) is 149 cm³/mol. The number of carbonyl (C=O) groups excluding carboxylic acids is 2. The number of rotatable bonds is 13. The highest BCUT2D eigenvalue weighted by Crippen LogP contribution is 2.26. The lowest BCUT2D eigenvalue weighted by atomic mass is 10.1. The number of aryl methyl sites for hydroxylation is 2. The first-order chi connectivity index (χ1) is 19.0. The van der Waals surface area contributed by atoms with Crippen LogP contribution in [0.15, 0.2) is 30.5 Å². The molecule has 0 saturated carbocycles. The highest BCUT2D eigenvalue weighted by Gasteiger charge is 2.18. The molecule has 1 aliphatic heterocycles. The van der Waals surface area contributed by atoms with Crippen LogP contribution in [0.3, 0.4) is 0 Å². The molecule has 1 amide bonds. The minimum absolute atomic E-state index is 0.182. The van der Waals surface area contributed by atoms with Crippen LogP contribution >= 0.6 is 0 Å². The van der Waals surface area contributed by atoms with Crippen molar-refractivity contribution in [1.29, 1.82) is 0 Å². The average molecular weight is 538 g/mol. The summed E-state index contributed by atoms with van der Waals surface area (Å²) in [5.74, 6) is 0.458. The number of methoxy groups -OCH3 is 1. The van der Waals surface area contributed by atoms with Gasteiger partial charge in [0.05, 0.1) is 43.6 Å². The number of carbonyl (C=O) groups is 2. The van der Waals surface area contributed by atoms with Crippen LogP contribution in [0.25, 0.3) is 11.0 Å². The second-order valence-corrected chi connectivity index (χ2v) is 9.82. The number of nitrogens with zero attached hydrogens (tertiary/aromatic N) is 4. The van der Waals surface area contributed by atoms with E-state index >= 15 is 0 Å². The molecule has 210 valence electrons. The monoisotopic (exact) mass is 537 g/mol. The number of esters is 1. The molecule has 0 aliphatic carbocycles. The maximum Gasteiger partial charge on any atom is 0.306 e. The van der Waals surface area contributed by atoms with Gasteiger partial charge in [-0.3, -0.25) is 9.59 Å². The summed E-state index contributed by atoms with van der Waals surface area (Å²) in [5.41, 5.74) is 10.8. The van der Waals surface area contributed by atoms with E-state index in [1.807, 2.05) is 30.5 Å². The van der Waals surface area contributed by atoms with E-state index < -0.39 is 5.97 Å². The quantitative estimate of drug-likeness (QED) is 0.260. The standard InChI is InChI=1S/C29H39N5O5/c1-3-4-5-6-7-23-28-24(32-29(30)31-23)12-13-34(28)19-22-10-8-21(18-25(22)37-2)9-11-27(36)39-20-26(35)33-14-16-38-17-15-33/h8,10,12-13,18H,3-7,9,11,14-17,19-20H2,1-2H3,(H2,30,31,32). The molecule has 1 saturated heterocycles. The molecule has 0 radical (unpaired) electrons. The summed E-state index contributed by atoms with van der Waals surface area (Å²) in [5, 5.41) is 0. The highest BCUT2D eigenvalue weighted by atomic mass is 16.5. The number of nitrogens with two attached hydrogens (primary N) is 1. The zero-order chi connectivity index (χ0) is 27.6. The number of hydrogen-bond acceptors (Lipinski definition) is 8. The molecule has 39 heavy (non-hydrogen) atoms. The molecule has 2 aromatic heterocycles. The number of hydrogen-bond donors (Lipinski definition) is 1. The van der Waals surface area contributed by atoms with Crippen molar-refractivity contribution in [3.05, 3.63) is 47.3 Å². The van der Waals surface area contributed by atoms with Gasteiger partial charge in [0.1, 0.15) is 5.75 Å². The van der Waals surface area contributed by atoms with Gasteiger partial charge in [-0.25, -0.2) is 9.97 Å². The van der Waals surface area contributed by atoms with Crippen LogP contribution in [0.2, 0.25) is 0 Å². The molecule has 1 fully saturated rings. The molecular weight excluding hydrogens is 498 g/mol. The van der Waals surface area contributed by atoms with Crippen LogP contribution in [0, 0.1) is 0 Å². The minimum atomic E-state index is -0.399. The van der Waals surface area contributed by atoms with E-state index in [4.69, 9.17) is 19.9 Å². The molecule has 0 unspecified atom stereocenters. The van der Waals surface area contributed by atoms with Gasteiger partial charge in [0.25, 0.3) is 5.91 Å². The van der Waals surface area contributed by atoms with Crippen LogP contribution < -0.4 is 10.5 Å². The van der Waals surface area contributed by atoms with Gasteiger partial charge < -0.3 is 29.4 Å². The van der Waals surface area contributed by atoms with Crippen molar-refractivity contribution in [3.63, 3.8) is 0 Å². The molecule has 4 rings (SSSR count). The first kappa shape index (κ1) is 28.4. The molecule has 1 aromatic carbocycles. The fourth-order valence-corrected chi connectivity index (χ4v) is 4.85. The van der Waals surface area contributed by atoms with E-state index in [-0.39, 0.29) is 18.9 Å². The molecule has 10 nitrogen and oxygen atoms in total. The van der Waals surface area contributed by atoms with Crippen molar-refractivity contribution in [3.8, 4) is 5.75 Å². The van der Waals surface area contributed by atoms with Crippen LogP contribution in [-0.4, -0.2) is 71.3 Å². The summed E-state index contributed by atoms with van der Waals surface area (Å²) in [6.07, 6.45) is 8.15. The number of aromatic nitrogens is 3. The molecule has 0 bridgehead atoms. The van der Waals surface area contributed by atoms with Gasteiger partial charge in [-0.2, -0.15) is 0 Å². The lowest BCUT2D eigenvalue weighted by molar-refractivity contribution is -0.153. The third-order valence-electron chi connectivity index (χ3n) is 7.00. The number of unbranched alkanes of at least 4 members (excludes halogenated alkanes) is 3. The van der Waals surface area contributed by atoms with Crippen molar-refractivity contribution in [2.75, 3.05) is 45.8 Å². The largest absolute Gasteiger partial charge is 0.496 e. The summed E-state index contributed by atoms with van der Waals surface area (Å²) in [6, 6.07) is 7.94. The predicted octanol–water partition coefficient (Wildman–Crippen LogP) is 3.53. The van der Waals surface area contributed by atoms with Crippen molar-refractivity contribution in [2.24, 2.45) is 0 Å². The Bertz CT molecular complexity index is 1270. The van der Waals surface area contributed by atoms with Crippen LogP contribution in [-0.2, 0) is 38.4 Å². The van der Waals surface area contributed by atoms with Crippen LogP contribution in [0.1, 0.15) is 55.8 Å². The molecular formula is C29H39N5O5. The first-order valence-corrected chi connectivity index (χ1v) is 13.8. The van der Waals surface area contributed by atoms with Gasteiger partial charge in [-0.15, -0.1) is 0 Å². The van der Waals surface area contributed by atoms with E-state index in [0.29, 0.717) is 45.2 Å². The van der Waals surface area contributed by atoms with E-state index in [9.17, 15) is 9.59 Å². The number of ether oxygens (including phenoxy) is 3. The second-order valence-electron chi connectivity index (χ2n) is 9.82. The molecule has 0 spiro atoms. The van der Waals surface area contributed by atoms with E-state index in [0.717, 1.165) is 52.9 Å². The molecule has 3 aromatic rings. The Morgan fingerprint density at radius 3 is 2.67 bits per heavy atom. The van der Waals surface area contributed by atoms with Crippen LogP contribution in [0.4, 0.5) is 5.95 Å². The lowest BCUT2D eigenvalue weighted by Crippen LogP contribution is -2.42. The Morgan fingerprint density at radius 2 is 1.90 bits per heavy atom. The highest BCUT2D eigenvalue weighted by molar-refractivity contribution is 5.81. The fraction of sp³-hybridized carbons (Fsp3) is 0.517. The van der Waals surface area contributed by atoms with Gasteiger partial charge in [0.2, 0.25) is 5.95 Å². The number of anilines is 1.